The molecule has 15 heavy (non-hydrogen) atoms. The molecule has 0 saturated heterocycles. The Bertz CT molecular complexity index is 448. The zero-order valence-corrected chi connectivity index (χ0v) is 7.71. The van der Waals surface area contributed by atoms with Gasteiger partial charge in [0, 0.05) is 6.07 Å². The van der Waals surface area contributed by atoms with Crippen LogP contribution < -0.4 is 4.74 Å². The van der Waals surface area contributed by atoms with Crippen LogP contribution in [0, 0.1) is 21.4 Å². The van der Waals surface area contributed by atoms with Crippen LogP contribution in [0.1, 0.15) is 18.5 Å². The Kier molecular flexibility index (Phi) is 2.21. The molecule has 0 radical (unpaired) electrons. The highest BCUT2D eigenvalue weighted by Crippen LogP contribution is 2.31. The summed E-state index contributed by atoms with van der Waals surface area (Å²) in [7, 11) is 0. The third-order valence-electron chi connectivity index (χ3n) is 1.94. The van der Waals surface area contributed by atoms with Crippen molar-refractivity contribution in [2.24, 2.45) is 0 Å². The largest absolute Gasteiger partial charge is 0.482 e. The zero-order chi connectivity index (χ0) is 10.8. The van der Waals surface area contributed by atoms with E-state index in [9.17, 15) is 10.1 Å². The van der Waals surface area contributed by atoms with Crippen molar-refractivity contribution in [2.45, 2.75) is 18.9 Å². The first-order chi connectivity index (χ1) is 7.20. The number of pyridine rings is 1. The zero-order valence-electron chi connectivity index (χ0n) is 7.71. The summed E-state index contributed by atoms with van der Waals surface area (Å²) in [5.74, 6) is -0.248. The Morgan fingerprint density at radius 1 is 1.60 bits per heavy atom. The number of hydrogen-bond donors (Lipinski definition) is 0. The topological polar surface area (TPSA) is 89.0 Å². The van der Waals surface area contributed by atoms with Gasteiger partial charge < -0.3 is 14.9 Å². The third-order valence-corrected chi connectivity index (χ3v) is 1.94. The summed E-state index contributed by atoms with van der Waals surface area (Å²) in [5, 5.41) is 19.2. The predicted molar refractivity (Wildman–Crippen MR) is 49.3 cm³/mol. The van der Waals surface area contributed by atoms with Crippen molar-refractivity contribution >= 4 is 5.82 Å². The number of aromatic nitrogens is 1. The van der Waals surface area contributed by atoms with Gasteiger partial charge in [0.1, 0.15) is 6.07 Å². The molecule has 1 aliphatic rings. The normalized spacial score (nSPS) is 14.3. The lowest BCUT2D eigenvalue weighted by molar-refractivity contribution is -0.390. The Morgan fingerprint density at radius 2 is 2.33 bits per heavy atom. The molecule has 1 aliphatic carbocycles. The predicted octanol–water partition coefficient (Wildman–Crippen LogP) is 1.40. The lowest BCUT2D eigenvalue weighted by Crippen LogP contribution is -2.02. The highest BCUT2D eigenvalue weighted by Gasteiger charge is 2.28. The summed E-state index contributed by atoms with van der Waals surface area (Å²) in [6.45, 7) is 0. The lowest BCUT2D eigenvalue weighted by Gasteiger charge is -2.03. The van der Waals surface area contributed by atoms with Crippen LogP contribution in [0.5, 0.6) is 5.75 Å². The molecule has 0 amide bonds. The number of hydrogen-bond acceptors (Lipinski definition) is 5. The summed E-state index contributed by atoms with van der Waals surface area (Å²) in [6.07, 6.45) is 1.90. The number of ether oxygens (including phenoxy) is 1. The monoisotopic (exact) mass is 205 g/mol. The maximum absolute atomic E-state index is 10.6. The van der Waals surface area contributed by atoms with Crippen LogP contribution in [0.4, 0.5) is 5.82 Å². The van der Waals surface area contributed by atoms with E-state index in [1.807, 2.05) is 0 Å². The van der Waals surface area contributed by atoms with E-state index in [0.717, 1.165) is 12.8 Å². The summed E-state index contributed by atoms with van der Waals surface area (Å²) in [5.41, 5.74) is 0.0184. The molecule has 6 heteroatoms. The van der Waals surface area contributed by atoms with Gasteiger partial charge >= 0.3 is 5.82 Å². The molecule has 76 valence electrons. The fourth-order valence-corrected chi connectivity index (χ4v) is 1.09. The molecule has 1 fully saturated rings. The number of rotatable bonds is 3. The molecule has 0 unspecified atom stereocenters. The van der Waals surface area contributed by atoms with Crippen molar-refractivity contribution in [2.75, 3.05) is 0 Å². The minimum Gasteiger partial charge on any atom is -0.482 e. The molecule has 0 bridgehead atoms. The summed E-state index contributed by atoms with van der Waals surface area (Å²) in [6, 6.07) is 4.57. The van der Waals surface area contributed by atoms with Crippen LogP contribution in [0.15, 0.2) is 12.1 Å². The first-order valence-electron chi connectivity index (χ1n) is 4.43. The van der Waals surface area contributed by atoms with Crippen LogP contribution in [0.3, 0.4) is 0 Å². The molecule has 2 rings (SSSR count). The van der Waals surface area contributed by atoms with Gasteiger partial charge in [-0.2, -0.15) is 5.26 Å². The van der Waals surface area contributed by atoms with Crippen LogP contribution in [-0.2, 0) is 0 Å². The molecule has 0 atom stereocenters. The van der Waals surface area contributed by atoms with E-state index in [4.69, 9.17) is 10.00 Å². The Morgan fingerprint density at radius 3 is 2.87 bits per heavy atom. The second kappa shape index (κ2) is 3.53. The Balaban J connectivity index is 2.35. The number of nitrogens with zero attached hydrogens (tertiary/aromatic N) is 3. The van der Waals surface area contributed by atoms with Crippen molar-refractivity contribution in [3.8, 4) is 11.8 Å². The van der Waals surface area contributed by atoms with E-state index >= 15 is 0 Å². The second-order valence-electron chi connectivity index (χ2n) is 3.20. The van der Waals surface area contributed by atoms with E-state index in [1.54, 1.807) is 6.07 Å². The smallest absolute Gasteiger partial charge is 0.407 e. The van der Waals surface area contributed by atoms with E-state index in [-0.39, 0.29) is 23.4 Å². The van der Waals surface area contributed by atoms with Crippen molar-refractivity contribution in [3.63, 3.8) is 0 Å². The van der Waals surface area contributed by atoms with Crippen molar-refractivity contribution < 1.29 is 9.66 Å². The van der Waals surface area contributed by atoms with Crippen LogP contribution in [0.2, 0.25) is 0 Å². The highest BCUT2D eigenvalue weighted by molar-refractivity contribution is 5.43. The van der Waals surface area contributed by atoms with Crippen molar-refractivity contribution in [1.29, 1.82) is 5.26 Å². The average molecular weight is 205 g/mol. The molecule has 0 N–H and O–H groups in total. The minimum absolute atomic E-state index is 0.0184. The van der Waals surface area contributed by atoms with E-state index in [1.165, 1.54) is 12.1 Å². The molecular weight excluding hydrogens is 198 g/mol. The lowest BCUT2D eigenvalue weighted by atomic mass is 10.3. The third kappa shape index (κ3) is 2.02. The SMILES string of the molecule is N#Cc1ccc(OC2CC2)c([N+](=O)[O-])n1. The summed E-state index contributed by atoms with van der Waals surface area (Å²) >= 11 is 0. The van der Waals surface area contributed by atoms with Gasteiger partial charge in [-0.15, -0.1) is 0 Å². The standard InChI is InChI=1S/C9H7N3O3/c10-5-6-1-4-8(15-7-2-3-7)9(11-6)12(13)14/h1,4,7H,2-3H2. The molecular formula is C9H7N3O3. The van der Waals surface area contributed by atoms with Crippen molar-refractivity contribution in [1.82, 2.24) is 4.98 Å². The maximum Gasteiger partial charge on any atom is 0.407 e. The van der Waals surface area contributed by atoms with Gasteiger partial charge in [0.25, 0.3) is 5.69 Å². The van der Waals surface area contributed by atoms with Gasteiger partial charge in [-0.25, -0.2) is 0 Å². The van der Waals surface area contributed by atoms with Crippen LogP contribution in [0.25, 0.3) is 0 Å². The molecule has 0 spiro atoms. The number of nitriles is 1. The minimum atomic E-state index is -0.640. The molecule has 6 nitrogen and oxygen atoms in total. The first-order valence-corrected chi connectivity index (χ1v) is 4.43. The highest BCUT2D eigenvalue weighted by atomic mass is 16.6. The molecule has 1 aromatic rings. The molecule has 1 aromatic heterocycles. The van der Waals surface area contributed by atoms with Gasteiger partial charge in [-0.1, -0.05) is 0 Å². The fourth-order valence-electron chi connectivity index (χ4n) is 1.09. The molecule has 0 aromatic carbocycles. The summed E-state index contributed by atoms with van der Waals surface area (Å²) < 4.78 is 5.30. The fraction of sp³-hybridized carbons (Fsp3) is 0.333. The molecule has 1 saturated carbocycles. The van der Waals surface area contributed by atoms with Gasteiger partial charge in [0.05, 0.1) is 6.10 Å². The van der Waals surface area contributed by atoms with Gasteiger partial charge in [-0.3, -0.25) is 0 Å². The van der Waals surface area contributed by atoms with E-state index < -0.39 is 4.92 Å². The van der Waals surface area contributed by atoms with Gasteiger partial charge in [0.2, 0.25) is 5.75 Å². The Hall–Kier alpha value is -2.16. The van der Waals surface area contributed by atoms with Crippen molar-refractivity contribution in [3.05, 3.63) is 27.9 Å². The molecule has 0 aliphatic heterocycles. The first kappa shape index (κ1) is 9.40. The quantitative estimate of drug-likeness (QED) is 0.549. The summed E-state index contributed by atoms with van der Waals surface area (Å²) in [4.78, 5) is 13.6. The van der Waals surface area contributed by atoms with Gasteiger partial charge in [0.15, 0.2) is 0 Å². The van der Waals surface area contributed by atoms with E-state index in [2.05, 4.69) is 4.98 Å². The molecule has 1 heterocycles. The maximum atomic E-state index is 10.6. The van der Waals surface area contributed by atoms with Gasteiger partial charge in [-0.05, 0) is 28.8 Å². The average Bonchev–Trinajstić information content (AvgIpc) is 3.02. The van der Waals surface area contributed by atoms with E-state index in [0.29, 0.717) is 0 Å². The van der Waals surface area contributed by atoms with Crippen LogP contribution >= 0.6 is 0 Å². The second-order valence-corrected chi connectivity index (χ2v) is 3.20. The van der Waals surface area contributed by atoms with Crippen LogP contribution in [-0.4, -0.2) is 16.0 Å². The Labute approximate surface area is 85.3 Å². The number of nitro groups is 1.